The third kappa shape index (κ3) is 7.66. The van der Waals surface area contributed by atoms with Crippen molar-refractivity contribution in [1.29, 1.82) is 0 Å². The summed E-state index contributed by atoms with van der Waals surface area (Å²) in [6.07, 6.45) is 7.42. The highest BCUT2D eigenvalue weighted by Crippen LogP contribution is 2.52. The van der Waals surface area contributed by atoms with Gasteiger partial charge < -0.3 is 20.7 Å². The summed E-state index contributed by atoms with van der Waals surface area (Å²) in [5.41, 5.74) is 6.76. The molecule has 2 aromatic rings. The molecule has 0 amide bonds. The first-order chi connectivity index (χ1) is 16.9. The standard InChI is InChI=1S/C21H34N5O8P/c1-31-35(30,32-10-8-6-4-2-3-5-7-9-18(28)29)34-15-11-17(33-16(15)12-27)26-14-25-19-20(22)23-13-24-21(19)26/h13-17,27H,2-12H2,1H3,(H,28,29)(H2,22,23,24)/t15-,16?,17?,35?/m1/s1. The van der Waals surface area contributed by atoms with E-state index in [9.17, 15) is 14.5 Å². The highest BCUT2D eigenvalue weighted by atomic mass is 31.2. The van der Waals surface area contributed by atoms with Crippen LogP contribution in [0.4, 0.5) is 5.82 Å². The third-order valence-electron chi connectivity index (χ3n) is 5.83. The average molecular weight is 516 g/mol. The van der Waals surface area contributed by atoms with Crippen molar-refractivity contribution >= 4 is 30.8 Å². The van der Waals surface area contributed by atoms with Crippen molar-refractivity contribution in [2.45, 2.75) is 76.2 Å². The summed E-state index contributed by atoms with van der Waals surface area (Å²) in [7, 11) is -2.60. The lowest BCUT2D eigenvalue weighted by Crippen LogP contribution is -2.27. The number of unbranched alkanes of at least 4 members (excludes halogenated alkanes) is 6. The van der Waals surface area contributed by atoms with Crippen LogP contribution in [0.25, 0.3) is 11.2 Å². The number of nitrogens with zero attached hydrogens (tertiary/aromatic N) is 4. The summed E-state index contributed by atoms with van der Waals surface area (Å²) < 4.78 is 36.8. The summed E-state index contributed by atoms with van der Waals surface area (Å²) in [6, 6.07) is 0. The van der Waals surface area contributed by atoms with Crippen molar-refractivity contribution in [1.82, 2.24) is 19.5 Å². The van der Waals surface area contributed by atoms with E-state index in [4.69, 9.17) is 29.1 Å². The molecule has 13 nitrogen and oxygen atoms in total. The minimum Gasteiger partial charge on any atom is -0.481 e. The second-order valence-corrected chi connectivity index (χ2v) is 10.1. The number of nitrogen functional groups attached to an aromatic ring is 1. The number of carboxylic acid groups (broad SMARTS) is 1. The molecule has 4 atom stereocenters. The molecule has 0 bridgehead atoms. The number of aliphatic carboxylic acids is 1. The predicted octanol–water partition coefficient (Wildman–Crippen LogP) is 3.05. The van der Waals surface area contributed by atoms with Crippen LogP contribution < -0.4 is 5.73 Å². The number of carbonyl (C=O) groups is 1. The smallest absolute Gasteiger partial charge is 0.474 e. The highest BCUT2D eigenvalue weighted by molar-refractivity contribution is 7.48. The lowest BCUT2D eigenvalue weighted by atomic mass is 10.1. The van der Waals surface area contributed by atoms with E-state index in [1.807, 2.05) is 0 Å². The van der Waals surface area contributed by atoms with Gasteiger partial charge in [0, 0.05) is 20.0 Å². The zero-order valence-corrected chi connectivity index (χ0v) is 20.7. The number of hydrogen-bond donors (Lipinski definition) is 3. The van der Waals surface area contributed by atoms with Gasteiger partial charge in [-0.3, -0.25) is 22.9 Å². The molecule has 1 aliphatic rings. The van der Waals surface area contributed by atoms with E-state index >= 15 is 0 Å². The quantitative estimate of drug-likeness (QED) is 0.220. The van der Waals surface area contributed by atoms with Crippen molar-refractivity contribution in [2.75, 3.05) is 26.1 Å². The minimum absolute atomic E-state index is 0.202. The van der Waals surface area contributed by atoms with E-state index in [1.165, 1.54) is 19.8 Å². The number of ether oxygens (including phenoxy) is 1. The average Bonchev–Trinajstić information content (AvgIpc) is 3.44. The normalized spacial score (nSPS) is 21.9. The molecule has 3 heterocycles. The van der Waals surface area contributed by atoms with Crippen molar-refractivity contribution in [2.24, 2.45) is 0 Å². The fraction of sp³-hybridized carbons (Fsp3) is 0.714. The number of aromatic nitrogens is 4. The molecule has 1 fully saturated rings. The summed E-state index contributed by atoms with van der Waals surface area (Å²) in [4.78, 5) is 22.8. The SMILES string of the molecule is COP(=O)(OCCCCCCCCCC(=O)O)O[C@@H]1CC(n2cnc3c(N)ncnc32)OC1CO. The van der Waals surface area contributed by atoms with Crippen LogP contribution in [0.5, 0.6) is 0 Å². The van der Waals surface area contributed by atoms with Crippen molar-refractivity contribution < 1.29 is 37.9 Å². The van der Waals surface area contributed by atoms with E-state index < -0.39 is 32.2 Å². The van der Waals surface area contributed by atoms with Crippen LogP contribution in [0.2, 0.25) is 0 Å². The molecule has 3 unspecified atom stereocenters. The Hall–Kier alpha value is -2.15. The first kappa shape index (κ1) is 27.4. The monoisotopic (exact) mass is 515 g/mol. The molecule has 14 heteroatoms. The zero-order valence-electron chi connectivity index (χ0n) is 19.8. The third-order valence-corrected chi connectivity index (χ3v) is 7.31. The van der Waals surface area contributed by atoms with Crippen molar-refractivity contribution in [3.8, 4) is 0 Å². The second kappa shape index (κ2) is 13.2. The van der Waals surface area contributed by atoms with Gasteiger partial charge in [-0.1, -0.05) is 32.1 Å². The highest BCUT2D eigenvalue weighted by Gasteiger charge is 2.42. The van der Waals surface area contributed by atoms with Gasteiger partial charge >= 0.3 is 13.8 Å². The lowest BCUT2D eigenvalue weighted by Gasteiger charge is -2.22. The molecule has 1 saturated heterocycles. The molecule has 0 radical (unpaired) electrons. The molecule has 35 heavy (non-hydrogen) atoms. The van der Waals surface area contributed by atoms with Gasteiger partial charge in [0.05, 0.1) is 19.5 Å². The van der Waals surface area contributed by atoms with Gasteiger partial charge in [-0.25, -0.2) is 19.5 Å². The van der Waals surface area contributed by atoms with Crippen LogP contribution in [-0.4, -0.2) is 68.2 Å². The fourth-order valence-corrected chi connectivity index (χ4v) is 5.12. The Morgan fingerprint density at radius 2 is 1.91 bits per heavy atom. The van der Waals surface area contributed by atoms with Gasteiger partial charge in [-0.15, -0.1) is 0 Å². The van der Waals surface area contributed by atoms with E-state index in [0.29, 0.717) is 24.0 Å². The molecule has 0 saturated carbocycles. The van der Waals surface area contributed by atoms with Gasteiger partial charge in [0.2, 0.25) is 0 Å². The fourth-order valence-electron chi connectivity index (χ4n) is 3.96. The molecule has 0 aliphatic carbocycles. The number of aliphatic hydroxyl groups is 1. The first-order valence-electron chi connectivity index (χ1n) is 11.8. The molecule has 3 rings (SSSR count). The Kier molecular flexibility index (Phi) is 10.4. The van der Waals surface area contributed by atoms with Gasteiger partial charge in [-0.2, -0.15) is 0 Å². The largest absolute Gasteiger partial charge is 0.481 e. The Morgan fingerprint density at radius 3 is 2.60 bits per heavy atom. The Bertz CT molecular complexity index is 1010. The molecule has 196 valence electrons. The van der Waals surface area contributed by atoms with Crippen LogP contribution in [0.15, 0.2) is 12.7 Å². The summed E-state index contributed by atoms with van der Waals surface area (Å²) >= 11 is 0. The Morgan fingerprint density at radius 1 is 1.20 bits per heavy atom. The number of anilines is 1. The van der Waals surface area contributed by atoms with Gasteiger partial charge in [-0.05, 0) is 12.8 Å². The van der Waals surface area contributed by atoms with Crippen LogP contribution in [-0.2, 0) is 27.7 Å². The number of phosphoric ester groups is 1. The van der Waals surface area contributed by atoms with Crippen molar-refractivity contribution in [3.05, 3.63) is 12.7 Å². The Labute approximate surface area is 203 Å². The molecular weight excluding hydrogens is 481 g/mol. The minimum atomic E-state index is -3.86. The van der Waals surface area contributed by atoms with Crippen LogP contribution in [0.3, 0.4) is 0 Å². The maximum absolute atomic E-state index is 13.0. The molecule has 0 aromatic carbocycles. The molecule has 4 N–H and O–H groups in total. The van der Waals surface area contributed by atoms with Crippen molar-refractivity contribution in [3.63, 3.8) is 0 Å². The molecular formula is C21H34N5O8P. The lowest BCUT2D eigenvalue weighted by molar-refractivity contribution is -0.137. The van der Waals surface area contributed by atoms with Gasteiger partial charge in [0.25, 0.3) is 0 Å². The number of phosphoric acid groups is 1. The van der Waals surface area contributed by atoms with Gasteiger partial charge in [0.1, 0.15) is 30.3 Å². The number of rotatable bonds is 16. The number of aliphatic hydroxyl groups excluding tert-OH is 1. The van der Waals surface area contributed by atoms with Crippen LogP contribution in [0, 0.1) is 0 Å². The predicted molar refractivity (Wildman–Crippen MR) is 125 cm³/mol. The Balaban J connectivity index is 1.45. The summed E-state index contributed by atoms with van der Waals surface area (Å²) in [6.45, 7) is -0.144. The molecule has 2 aromatic heterocycles. The van der Waals surface area contributed by atoms with E-state index in [2.05, 4.69) is 15.0 Å². The van der Waals surface area contributed by atoms with E-state index in [-0.39, 0.29) is 31.9 Å². The number of fused-ring (bicyclic) bond motifs is 1. The van der Waals surface area contributed by atoms with Gasteiger partial charge in [0.15, 0.2) is 11.5 Å². The second-order valence-electron chi connectivity index (χ2n) is 8.36. The van der Waals surface area contributed by atoms with E-state index in [1.54, 1.807) is 4.57 Å². The molecule has 1 aliphatic heterocycles. The van der Waals surface area contributed by atoms with Crippen LogP contribution in [0.1, 0.15) is 64.0 Å². The maximum Gasteiger partial charge on any atom is 0.474 e. The zero-order chi connectivity index (χ0) is 25.3. The topological polar surface area (TPSA) is 181 Å². The maximum atomic E-state index is 13.0. The van der Waals surface area contributed by atoms with E-state index in [0.717, 1.165) is 32.1 Å². The first-order valence-corrected chi connectivity index (χ1v) is 13.2. The number of carboxylic acids is 1. The van der Waals surface area contributed by atoms with Crippen LogP contribution >= 0.6 is 7.82 Å². The summed E-state index contributed by atoms with van der Waals surface area (Å²) in [5, 5.41) is 18.4. The number of imidazole rings is 1. The summed E-state index contributed by atoms with van der Waals surface area (Å²) in [5.74, 6) is -0.513. The molecule has 0 spiro atoms. The number of hydrogen-bond acceptors (Lipinski definition) is 11. The number of nitrogens with two attached hydrogens (primary N) is 1.